The molecule has 0 saturated carbocycles. The fourth-order valence-corrected chi connectivity index (χ4v) is 3.35. The molecule has 25 heavy (non-hydrogen) atoms. The maximum atomic E-state index is 13.0. The maximum Gasteiger partial charge on any atom is 0.417 e. The molecule has 0 bridgehead atoms. The number of benzene rings is 2. The lowest BCUT2D eigenvalue weighted by Crippen LogP contribution is -2.13. The first-order valence-corrected chi connectivity index (χ1v) is 8.38. The van der Waals surface area contributed by atoms with Crippen molar-refractivity contribution in [2.75, 3.05) is 4.72 Å². The summed E-state index contributed by atoms with van der Waals surface area (Å²) in [6, 6.07) is 11.0. The summed E-state index contributed by atoms with van der Waals surface area (Å²) in [5.74, 6) is 0. The lowest BCUT2D eigenvalue weighted by Gasteiger charge is -2.11. The Labute approximate surface area is 139 Å². The zero-order chi connectivity index (χ0) is 18.2. The average molecular weight is 369 g/mol. The SMILES string of the molecule is O=c1cc(C(F)(F)F)c2ccc(NS(=O)(=O)c3ccccc3)cc2o1. The number of sulfonamides is 1. The van der Waals surface area contributed by atoms with Crippen molar-refractivity contribution in [1.29, 1.82) is 0 Å². The first kappa shape index (κ1) is 17.0. The monoisotopic (exact) mass is 369 g/mol. The van der Waals surface area contributed by atoms with E-state index >= 15 is 0 Å². The minimum absolute atomic E-state index is 0.0133. The Morgan fingerprint density at radius 2 is 1.64 bits per heavy atom. The van der Waals surface area contributed by atoms with Crippen LogP contribution in [0.4, 0.5) is 18.9 Å². The summed E-state index contributed by atoms with van der Waals surface area (Å²) in [6.45, 7) is 0. The fourth-order valence-electron chi connectivity index (χ4n) is 2.27. The van der Waals surface area contributed by atoms with Crippen LogP contribution < -0.4 is 10.3 Å². The van der Waals surface area contributed by atoms with E-state index in [2.05, 4.69) is 4.72 Å². The van der Waals surface area contributed by atoms with Crippen LogP contribution >= 0.6 is 0 Å². The Morgan fingerprint density at radius 3 is 2.28 bits per heavy atom. The molecule has 130 valence electrons. The average Bonchev–Trinajstić information content (AvgIpc) is 2.53. The van der Waals surface area contributed by atoms with Crippen molar-refractivity contribution in [1.82, 2.24) is 0 Å². The Hall–Kier alpha value is -2.81. The maximum absolute atomic E-state index is 13.0. The zero-order valence-electron chi connectivity index (χ0n) is 12.4. The Balaban J connectivity index is 2.07. The van der Waals surface area contributed by atoms with Crippen molar-refractivity contribution in [3.63, 3.8) is 0 Å². The van der Waals surface area contributed by atoms with Crippen molar-refractivity contribution in [3.8, 4) is 0 Å². The highest BCUT2D eigenvalue weighted by Gasteiger charge is 2.33. The smallest absolute Gasteiger partial charge is 0.417 e. The van der Waals surface area contributed by atoms with Gasteiger partial charge in [0.05, 0.1) is 16.1 Å². The predicted molar refractivity (Wildman–Crippen MR) is 84.7 cm³/mol. The van der Waals surface area contributed by atoms with Crippen molar-refractivity contribution >= 4 is 26.7 Å². The first-order chi connectivity index (χ1) is 11.7. The van der Waals surface area contributed by atoms with Gasteiger partial charge in [0.2, 0.25) is 0 Å². The molecule has 3 rings (SSSR count). The summed E-state index contributed by atoms with van der Waals surface area (Å²) in [6.07, 6.45) is -4.74. The number of hydrogen-bond donors (Lipinski definition) is 1. The normalized spacial score (nSPS) is 12.3. The summed E-state index contributed by atoms with van der Waals surface area (Å²) in [7, 11) is -3.92. The molecule has 0 spiro atoms. The van der Waals surface area contributed by atoms with Crippen LogP contribution in [0.1, 0.15) is 5.56 Å². The van der Waals surface area contributed by atoms with E-state index in [0.717, 1.165) is 18.2 Å². The molecule has 0 aliphatic carbocycles. The number of anilines is 1. The summed E-state index contributed by atoms with van der Waals surface area (Å²) >= 11 is 0. The third-order valence-electron chi connectivity index (χ3n) is 3.36. The lowest BCUT2D eigenvalue weighted by atomic mass is 10.1. The Bertz CT molecular complexity index is 1090. The molecular weight excluding hydrogens is 359 g/mol. The largest absolute Gasteiger partial charge is 0.423 e. The van der Waals surface area contributed by atoms with Gasteiger partial charge in [0.25, 0.3) is 10.0 Å². The fraction of sp³-hybridized carbons (Fsp3) is 0.0625. The van der Waals surface area contributed by atoms with E-state index in [-0.39, 0.29) is 21.6 Å². The van der Waals surface area contributed by atoms with E-state index in [9.17, 15) is 26.4 Å². The molecule has 1 heterocycles. The molecule has 0 radical (unpaired) electrons. The molecule has 1 aromatic heterocycles. The quantitative estimate of drug-likeness (QED) is 0.716. The second kappa shape index (κ2) is 5.92. The van der Waals surface area contributed by atoms with Gasteiger partial charge in [0.1, 0.15) is 5.58 Å². The molecular formula is C16H10F3NO4S. The Morgan fingerprint density at radius 1 is 0.960 bits per heavy atom. The van der Waals surface area contributed by atoms with Gasteiger partial charge < -0.3 is 4.42 Å². The van der Waals surface area contributed by atoms with Crippen LogP contribution in [-0.4, -0.2) is 8.42 Å². The standard InChI is InChI=1S/C16H10F3NO4S/c17-16(18,19)13-9-15(21)24-14-8-10(6-7-12(13)14)20-25(22,23)11-4-2-1-3-5-11/h1-9,20H. The van der Waals surface area contributed by atoms with Gasteiger partial charge in [-0.25, -0.2) is 13.2 Å². The molecule has 0 atom stereocenters. The molecule has 0 saturated heterocycles. The van der Waals surface area contributed by atoms with E-state index in [1.165, 1.54) is 24.3 Å². The van der Waals surface area contributed by atoms with Crippen LogP contribution in [0, 0.1) is 0 Å². The first-order valence-electron chi connectivity index (χ1n) is 6.90. The number of alkyl halides is 3. The minimum Gasteiger partial charge on any atom is -0.423 e. The van der Waals surface area contributed by atoms with Gasteiger partial charge >= 0.3 is 11.8 Å². The molecule has 2 aromatic carbocycles. The zero-order valence-corrected chi connectivity index (χ0v) is 13.2. The van der Waals surface area contributed by atoms with Crippen LogP contribution in [-0.2, 0) is 16.2 Å². The van der Waals surface area contributed by atoms with Crippen molar-refractivity contribution in [2.45, 2.75) is 11.1 Å². The lowest BCUT2D eigenvalue weighted by molar-refractivity contribution is -0.136. The summed E-state index contributed by atoms with van der Waals surface area (Å²) in [5.41, 5.74) is -2.72. The van der Waals surface area contributed by atoms with E-state index in [4.69, 9.17) is 4.42 Å². The molecule has 0 amide bonds. The number of fused-ring (bicyclic) bond motifs is 1. The summed E-state index contributed by atoms with van der Waals surface area (Å²) in [5, 5.41) is -0.338. The van der Waals surface area contributed by atoms with Gasteiger partial charge in [-0.1, -0.05) is 18.2 Å². The molecule has 0 aliphatic rings. The van der Waals surface area contributed by atoms with Crippen LogP contribution in [0.25, 0.3) is 11.0 Å². The second-order valence-corrected chi connectivity index (χ2v) is 6.79. The Kier molecular flexibility index (Phi) is 4.03. The van der Waals surface area contributed by atoms with E-state index in [0.29, 0.717) is 6.07 Å². The van der Waals surface area contributed by atoms with Crippen LogP contribution in [0.5, 0.6) is 0 Å². The van der Waals surface area contributed by atoms with Crippen molar-refractivity contribution < 1.29 is 26.0 Å². The van der Waals surface area contributed by atoms with Gasteiger partial charge in [-0.05, 0) is 24.3 Å². The van der Waals surface area contributed by atoms with Gasteiger partial charge in [0.15, 0.2) is 0 Å². The highest BCUT2D eigenvalue weighted by molar-refractivity contribution is 7.92. The molecule has 3 aromatic rings. The third-order valence-corrected chi connectivity index (χ3v) is 4.75. The molecule has 9 heteroatoms. The van der Waals surface area contributed by atoms with Crippen molar-refractivity contribution in [3.05, 3.63) is 70.6 Å². The number of hydrogen-bond acceptors (Lipinski definition) is 4. The third kappa shape index (κ3) is 3.50. The van der Waals surface area contributed by atoms with E-state index < -0.39 is 27.4 Å². The topological polar surface area (TPSA) is 76.4 Å². The molecule has 1 N–H and O–H groups in total. The number of halogens is 3. The highest BCUT2D eigenvalue weighted by Crippen LogP contribution is 2.34. The minimum atomic E-state index is -4.74. The van der Waals surface area contributed by atoms with Crippen LogP contribution in [0.15, 0.2) is 68.7 Å². The van der Waals surface area contributed by atoms with Crippen LogP contribution in [0.3, 0.4) is 0 Å². The van der Waals surface area contributed by atoms with E-state index in [1.54, 1.807) is 6.07 Å². The van der Waals surface area contributed by atoms with Gasteiger partial charge in [-0.15, -0.1) is 0 Å². The molecule has 0 unspecified atom stereocenters. The molecule has 5 nitrogen and oxygen atoms in total. The van der Waals surface area contributed by atoms with Crippen molar-refractivity contribution in [2.24, 2.45) is 0 Å². The predicted octanol–water partition coefficient (Wildman–Crippen LogP) is 3.61. The molecule has 0 aliphatic heterocycles. The van der Waals surface area contributed by atoms with Gasteiger partial charge in [0, 0.05) is 17.5 Å². The number of rotatable bonds is 3. The molecule has 0 fully saturated rings. The van der Waals surface area contributed by atoms with Crippen LogP contribution in [0.2, 0.25) is 0 Å². The summed E-state index contributed by atoms with van der Waals surface area (Å²) < 4.78 is 70.5. The number of nitrogens with one attached hydrogen (secondary N) is 1. The summed E-state index contributed by atoms with van der Waals surface area (Å²) in [4.78, 5) is 11.4. The van der Waals surface area contributed by atoms with Gasteiger partial charge in [-0.2, -0.15) is 13.2 Å². The highest BCUT2D eigenvalue weighted by atomic mass is 32.2. The second-order valence-electron chi connectivity index (χ2n) is 5.11. The van der Waals surface area contributed by atoms with E-state index in [1.807, 2.05) is 0 Å². The van der Waals surface area contributed by atoms with Gasteiger partial charge in [-0.3, -0.25) is 4.72 Å².